The smallest absolute Gasteiger partial charge is 0.141 e. The van der Waals surface area contributed by atoms with Crippen molar-refractivity contribution < 1.29 is 0 Å². The quantitative estimate of drug-likeness (QED) is 0.262. The maximum absolute atomic E-state index is 9.55. The summed E-state index contributed by atoms with van der Waals surface area (Å²) in [7, 11) is 0. The summed E-state index contributed by atoms with van der Waals surface area (Å²) in [6, 6.07) is 15.2. The molecule has 0 aliphatic carbocycles. The molecule has 0 unspecified atom stereocenters. The van der Waals surface area contributed by atoms with Gasteiger partial charge in [-0.1, -0.05) is 51.3 Å². The van der Waals surface area contributed by atoms with E-state index in [1.54, 1.807) is 18.2 Å². The van der Waals surface area contributed by atoms with Gasteiger partial charge in [0.05, 0.1) is 49.6 Å². The van der Waals surface area contributed by atoms with Crippen LogP contribution in [0.15, 0.2) is 40.9 Å². The zero-order valence-corrected chi connectivity index (χ0v) is 18.3. The van der Waals surface area contributed by atoms with Crippen LogP contribution < -0.4 is 0 Å². The van der Waals surface area contributed by atoms with Gasteiger partial charge in [0.25, 0.3) is 0 Å². The van der Waals surface area contributed by atoms with Crippen LogP contribution in [0.25, 0.3) is 43.3 Å². The Bertz CT molecular complexity index is 1540. The van der Waals surface area contributed by atoms with E-state index in [4.69, 9.17) is 28.2 Å². The number of hydrogen-bond donors (Lipinski definition) is 1. The summed E-state index contributed by atoms with van der Waals surface area (Å²) in [5.41, 5.74) is 2.77. The van der Waals surface area contributed by atoms with Crippen LogP contribution in [0.5, 0.6) is 0 Å². The van der Waals surface area contributed by atoms with Gasteiger partial charge in [0.1, 0.15) is 10.2 Å². The summed E-state index contributed by atoms with van der Waals surface area (Å²) in [5, 5.41) is 22.3. The molecule has 0 fully saturated rings. The Morgan fingerprint density at radius 1 is 1.03 bits per heavy atom. The molecule has 0 bridgehead atoms. The number of rotatable bonds is 1. The number of nitrogens with zero attached hydrogens (tertiary/aromatic N) is 3. The fraction of sp³-hybridized carbons (Fsp3) is 0. The maximum atomic E-state index is 9.55. The molecular weight excluding hydrogens is 491 g/mol. The van der Waals surface area contributed by atoms with E-state index in [0.717, 1.165) is 36.4 Å². The first-order valence-corrected chi connectivity index (χ1v) is 10.7. The Hall–Kier alpha value is -2.61. The lowest BCUT2D eigenvalue weighted by atomic mass is 10.0. The van der Waals surface area contributed by atoms with Gasteiger partial charge in [-0.3, -0.25) is 0 Å². The van der Waals surface area contributed by atoms with Crippen LogP contribution in [-0.4, -0.2) is 9.97 Å². The second-order valence-corrected chi connectivity index (χ2v) is 9.26. The highest BCUT2D eigenvalue weighted by Crippen LogP contribution is 2.47. The molecule has 0 atom stereocenters. The van der Waals surface area contributed by atoms with Crippen molar-refractivity contribution in [1.29, 1.82) is 10.5 Å². The Kier molecular flexibility index (Phi) is 4.27. The van der Waals surface area contributed by atoms with Crippen LogP contribution in [0.3, 0.4) is 0 Å². The molecule has 0 spiro atoms. The van der Waals surface area contributed by atoms with Crippen LogP contribution in [0, 0.1) is 22.7 Å². The first-order valence-electron chi connectivity index (χ1n) is 8.35. The number of nitriles is 2. The summed E-state index contributed by atoms with van der Waals surface area (Å²) in [4.78, 5) is 8.11. The van der Waals surface area contributed by atoms with Crippen molar-refractivity contribution in [2.75, 3.05) is 0 Å². The van der Waals surface area contributed by atoms with E-state index in [-0.39, 0.29) is 0 Å². The zero-order chi connectivity index (χ0) is 20.3. The third-order valence-corrected chi connectivity index (χ3v) is 7.29. The van der Waals surface area contributed by atoms with Gasteiger partial charge in [0.15, 0.2) is 0 Å². The van der Waals surface area contributed by atoms with Gasteiger partial charge in [-0.25, -0.2) is 4.98 Å². The Balaban J connectivity index is 1.99. The molecule has 0 radical (unpaired) electrons. The summed E-state index contributed by atoms with van der Waals surface area (Å²) < 4.78 is 2.30. The lowest BCUT2D eigenvalue weighted by Gasteiger charge is -2.03. The van der Waals surface area contributed by atoms with Crippen LogP contribution >= 0.6 is 50.5 Å². The molecule has 0 amide bonds. The monoisotopic (exact) mass is 496 g/mol. The standard InChI is InChI=1S/C21H7BrCl2N4S/c22-11-4-5-12-13(6-11)15-16(23)20(24)29-19(15)18-17(12)27-21(28-18)14-9(7-25)2-1-3-10(14)8-26/h1-6H,(H,27,28). The zero-order valence-electron chi connectivity index (χ0n) is 14.3. The lowest BCUT2D eigenvalue weighted by molar-refractivity contribution is 1.31. The molecule has 4 nitrogen and oxygen atoms in total. The minimum atomic E-state index is 0.383. The van der Waals surface area contributed by atoms with Gasteiger partial charge in [-0.2, -0.15) is 10.5 Å². The number of benzene rings is 3. The van der Waals surface area contributed by atoms with Crippen molar-refractivity contribution in [1.82, 2.24) is 9.97 Å². The predicted molar refractivity (Wildman–Crippen MR) is 122 cm³/mol. The molecular formula is C21H7BrCl2N4S. The molecule has 8 heteroatoms. The van der Waals surface area contributed by atoms with Crippen LogP contribution in [0.4, 0.5) is 0 Å². The topological polar surface area (TPSA) is 76.3 Å². The fourth-order valence-electron chi connectivity index (χ4n) is 3.57. The van der Waals surface area contributed by atoms with Gasteiger partial charge < -0.3 is 4.98 Å². The summed E-state index contributed by atoms with van der Waals surface area (Å²) in [6.45, 7) is 0. The second kappa shape index (κ2) is 6.73. The molecule has 138 valence electrons. The van der Waals surface area contributed by atoms with Crippen molar-refractivity contribution in [2.24, 2.45) is 0 Å². The number of halogens is 3. The van der Waals surface area contributed by atoms with E-state index >= 15 is 0 Å². The molecule has 5 rings (SSSR count). The van der Waals surface area contributed by atoms with Crippen LogP contribution in [-0.2, 0) is 0 Å². The van der Waals surface area contributed by atoms with E-state index in [1.165, 1.54) is 11.3 Å². The summed E-state index contributed by atoms with van der Waals surface area (Å²) in [5.74, 6) is 0.464. The largest absolute Gasteiger partial charge is 0.337 e. The first kappa shape index (κ1) is 18.4. The SMILES string of the molecule is N#Cc1cccc(C#N)c1-c1nc2c3ccc(Br)cc3c3c(Cl)c(Cl)sc3c2[nH]1. The highest BCUT2D eigenvalue weighted by molar-refractivity contribution is 9.10. The van der Waals surface area contributed by atoms with E-state index in [2.05, 4.69) is 33.1 Å². The Labute approximate surface area is 187 Å². The van der Waals surface area contributed by atoms with Crippen LogP contribution in [0.1, 0.15) is 11.1 Å². The Morgan fingerprint density at radius 3 is 2.45 bits per heavy atom. The van der Waals surface area contributed by atoms with Gasteiger partial charge >= 0.3 is 0 Å². The van der Waals surface area contributed by atoms with Crippen molar-refractivity contribution in [2.45, 2.75) is 0 Å². The Morgan fingerprint density at radius 2 is 1.76 bits per heavy atom. The van der Waals surface area contributed by atoms with E-state index in [0.29, 0.717) is 31.9 Å². The normalized spacial score (nSPS) is 11.2. The first-order chi connectivity index (χ1) is 14.0. The number of aromatic nitrogens is 2. The van der Waals surface area contributed by atoms with Crippen molar-refractivity contribution in [3.05, 3.63) is 61.4 Å². The van der Waals surface area contributed by atoms with Crippen molar-refractivity contribution in [3.8, 4) is 23.5 Å². The molecule has 0 aliphatic heterocycles. The molecule has 2 aromatic heterocycles. The number of nitrogens with one attached hydrogen (secondary N) is 1. The number of fused-ring (bicyclic) bond motifs is 6. The third-order valence-electron chi connectivity index (χ3n) is 4.79. The number of thiophene rings is 1. The van der Waals surface area contributed by atoms with Gasteiger partial charge in [0.2, 0.25) is 0 Å². The molecule has 1 N–H and O–H groups in total. The highest BCUT2D eigenvalue weighted by atomic mass is 79.9. The summed E-state index contributed by atoms with van der Waals surface area (Å²) >= 11 is 17.8. The average molecular weight is 498 g/mol. The molecule has 0 saturated heterocycles. The van der Waals surface area contributed by atoms with Crippen LogP contribution in [0.2, 0.25) is 9.36 Å². The maximum Gasteiger partial charge on any atom is 0.141 e. The van der Waals surface area contributed by atoms with Gasteiger partial charge in [0, 0.05) is 15.2 Å². The van der Waals surface area contributed by atoms with Crippen molar-refractivity contribution >= 4 is 82.4 Å². The minimum Gasteiger partial charge on any atom is -0.337 e. The molecule has 5 aromatic rings. The minimum absolute atomic E-state index is 0.383. The highest BCUT2D eigenvalue weighted by Gasteiger charge is 2.21. The third kappa shape index (κ3) is 2.65. The number of hydrogen-bond acceptors (Lipinski definition) is 4. The van der Waals surface area contributed by atoms with E-state index in [1.807, 2.05) is 18.2 Å². The number of aromatic amines is 1. The number of H-pyrrole nitrogens is 1. The predicted octanol–water partition coefficient (Wildman–Crippen LogP) is 7.41. The lowest BCUT2D eigenvalue weighted by Crippen LogP contribution is -1.91. The van der Waals surface area contributed by atoms with E-state index < -0.39 is 0 Å². The molecule has 3 aromatic carbocycles. The molecule has 2 heterocycles. The van der Waals surface area contributed by atoms with Gasteiger partial charge in [-0.15, -0.1) is 11.3 Å². The molecule has 0 saturated carbocycles. The molecule has 0 aliphatic rings. The van der Waals surface area contributed by atoms with E-state index in [9.17, 15) is 10.5 Å². The van der Waals surface area contributed by atoms with Crippen molar-refractivity contribution in [3.63, 3.8) is 0 Å². The average Bonchev–Trinajstić information content (AvgIpc) is 3.29. The summed E-state index contributed by atoms with van der Waals surface area (Å²) in [6.07, 6.45) is 0. The van der Waals surface area contributed by atoms with Gasteiger partial charge in [-0.05, 0) is 29.7 Å². The number of imidazole rings is 1. The fourth-order valence-corrected chi connectivity index (χ4v) is 5.56. The second-order valence-electron chi connectivity index (χ2n) is 6.34. The molecule has 29 heavy (non-hydrogen) atoms.